The average Bonchev–Trinajstić information content (AvgIpc) is 2.64. The van der Waals surface area contributed by atoms with E-state index < -0.39 is 8.32 Å². The Morgan fingerprint density at radius 3 is 1.93 bits per heavy atom. The second kappa shape index (κ2) is 10.3. The third-order valence-corrected chi connectivity index (χ3v) is 13.7. The zero-order valence-electron chi connectivity index (χ0n) is 17.5. The van der Waals surface area contributed by atoms with Gasteiger partial charge in [-0.15, -0.1) is 0 Å². The molecule has 144 valence electrons. The summed E-state index contributed by atoms with van der Waals surface area (Å²) in [7, 11) is -1.79. The van der Waals surface area contributed by atoms with Crippen LogP contribution in [0.5, 0.6) is 0 Å². The Balaban J connectivity index is 2.14. The van der Waals surface area contributed by atoms with Gasteiger partial charge in [0.25, 0.3) is 0 Å². The molecule has 0 aliphatic heterocycles. The van der Waals surface area contributed by atoms with Crippen molar-refractivity contribution in [2.45, 2.75) is 58.2 Å². The van der Waals surface area contributed by atoms with Gasteiger partial charge in [-0.2, -0.15) is 0 Å². The number of hydrogen-bond acceptors (Lipinski definition) is 1. The van der Waals surface area contributed by atoms with E-state index in [1.165, 1.54) is 4.46 Å². The maximum absolute atomic E-state index is 6.75. The molecule has 0 saturated heterocycles. The Morgan fingerprint density at radius 1 is 0.778 bits per heavy atom. The molecule has 0 spiro atoms. The topological polar surface area (TPSA) is 9.23 Å². The van der Waals surface area contributed by atoms with Crippen LogP contribution in [0.3, 0.4) is 0 Å². The molecule has 0 radical (unpaired) electrons. The monoisotopic (exact) mass is 444 g/mol. The van der Waals surface area contributed by atoms with Gasteiger partial charge in [-0.25, -0.2) is 0 Å². The standard InChI is InChI=1S/C24H32OSeSi/c1-19(2)27(20(3)4,21(5)6)25-18-26-24-15-11-10-14-23(24)17-16-22-12-8-7-9-13-22/h7-15,19-21H,18H2,1-6H3. The summed E-state index contributed by atoms with van der Waals surface area (Å²) in [6, 6.07) is 18.7. The summed E-state index contributed by atoms with van der Waals surface area (Å²) in [5, 5.41) is 0. The summed E-state index contributed by atoms with van der Waals surface area (Å²) in [5.41, 5.74) is 4.92. The molecule has 0 unspecified atom stereocenters. The maximum atomic E-state index is 6.75. The van der Waals surface area contributed by atoms with Crippen molar-refractivity contribution in [3.05, 3.63) is 65.7 Å². The first kappa shape index (κ1) is 22.0. The van der Waals surface area contributed by atoms with E-state index in [-0.39, 0.29) is 15.0 Å². The summed E-state index contributed by atoms with van der Waals surface area (Å²) in [6.07, 6.45) is 0. The van der Waals surface area contributed by atoms with Gasteiger partial charge in [0.1, 0.15) is 0 Å². The molecule has 3 heteroatoms. The number of rotatable bonds is 7. The molecule has 0 aliphatic rings. The first-order valence-corrected chi connectivity index (χ1v) is 14.0. The van der Waals surface area contributed by atoms with Crippen LogP contribution < -0.4 is 4.46 Å². The van der Waals surface area contributed by atoms with Crippen LogP contribution in [0.15, 0.2) is 54.6 Å². The Kier molecular flexibility index (Phi) is 8.39. The van der Waals surface area contributed by atoms with Crippen LogP contribution in [0.2, 0.25) is 16.6 Å². The van der Waals surface area contributed by atoms with Crippen LogP contribution in [0, 0.1) is 11.8 Å². The van der Waals surface area contributed by atoms with Gasteiger partial charge in [-0.3, -0.25) is 0 Å². The predicted octanol–water partition coefficient (Wildman–Crippen LogP) is 5.57. The number of hydrogen-bond donors (Lipinski definition) is 0. The van der Waals surface area contributed by atoms with Crippen molar-refractivity contribution < 1.29 is 4.43 Å². The fraction of sp³-hybridized carbons (Fsp3) is 0.417. The summed E-state index contributed by atoms with van der Waals surface area (Å²) in [4.78, 5) is 0. The summed E-state index contributed by atoms with van der Waals surface area (Å²) < 4.78 is 8.09. The predicted molar refractivity (Wildman–Crippen MR) is 121 cm³/mol. The molecule has 2 rings (SSSR count). The van der Waals surface area contributed by atoms with Gasteiger partial charge in [0.2, 0.25) is 0 Å². The minimum atomic E-state index is -1.79. The van der Waals surface area contributed by atoms with Crippen LogP contribution in [0.4, 0.5) is 0 Å². The molecule has 0 atom stereocenters. The van der Waals surface area contributed by atoms with Gasteiger partial charge in [0.05, 0.1) is 0 Å². The van der Waals surface area contributed by atoms with Gasteiger partial charge >= 0.3 is 173 Å². The van der Waals surface area contributed by atoms with Crippen molar-refractivity contribution in [1.29, 1.82) is 0 Å². The molecule has 0 aliphatic carbocycles. The van der Waals surface area contributed by atoms with Crippen molar-refractivity contribution in [2.75, 3.05) is 5.51 Å². The quantitative estimate of drug-likeness (QED) is 0.402. The summed E-state index contributed by atoms with van der Waals surface area (Å²) >= 11 is 0.277. The Hall–Kier alpha value is -1.30. The van der Waals surface area contributed by atoms with Crippen molar-refractivity contribution in [3.8, 4) is 11.8 Å². The molecule has 2 aromatic carbocycles. The van der Waals surface area contributed by atoms with Crippen molar-refractivity contribution in [1.82, 2.24) is 0 Å². The molecule has 0 N–H and O–H groups in total. The Labute approximate surface area is 173 Å². The molecule has 0 heterocycles. The van der Waals surface area contributed by atoms with Crippen LogP contribution in [-0.4, -0.2) is 28.8 Å². The SMILES string of the molecule is CC(C)[Si](OC[Se]c1ccccc1C#Cc1ccccc1)(C(C)C)C(C)C. The van der Waals surface area contributed by atoms with Crippen molar-refractivity contribution in [3.63, 3.8) is 0 Å². The van der Waals surface area contributed by atoms with Gasteiger partial charge in [0.15, 0.2) is 0 Å². The second-order valence-corrected chi connectivity index (χ2v) is 15.3. The van der Waals surface area contributed by atoms with E-state index in [9.17, 15) is 0 Å². The molecular weight excluding hydrogens is 411 g/mol. The molecule has 27 heavy (non-hydrogen) atoms. The van der Waals surface area contributed by atoms with Crippen LogP contribution in [-0.2, 0) is 4.43 Å². The van der Waals surface area contributed by atoms with Gasteiger partial charge in [0, 0.05) is 0 Å². The molecule has 2 aromatic rings. The number of benzene rings is 2. The van der Waals surface area contributed by atoms with E-state index in [2.05, 4.69) is 89.8 Å². The molecule has 0 amide bonds. The third kappa shape index (κ3) is 5.59. The molecule has 0 aromatic heterocycles. The minimum absolute atomic E-state index is 0.277. The first-order chi connectivity index (χ1) is 12.9. The fourth-order valence-corrected chi connectivity index (χ4v) is 12.2. The normalized spacial score (nSPS) is 11.7. The van der Waals surface area contributed by atoms with Crippen molar-refractivity contribution >= 4 is 27.7 Å². The molecule has 0 saturated carbocycles. The second-order valence-electron chi connectivity index (χ2n) is 7.84. The third-order valence-electron chi connectivity index (χ3n) is 5.23. The van der Waals surface area contributed by atoms with E-state index in [1.807, 2.05) is 18.2 Å². The van der Waals surface area contributed by atoms with E-state index in [0.717, 1.165) is 16.6 Å². The Morgan fingerprint density at radius 2 is 1.33 bits per heavy atom. The van der Waals surface area contributed by atoms with E-state index >= 15 is 0 Å². The van der Waals surface area contributed by atoms with Gasteiger partial charge in [-0.05, 0) is 0 Å². The summed E-state index contributed by atoms with van der Waals surface area (Å²) in [5.74, 6) is 6.66. The zero-order valence-corrected chi connectivity index (χ0v) is 20.2. The van der Waals surface area contributed by atoms with E-state index in [0.29, 0.717) is 16.6 Å². The van der Waals surface area contributed by atoms with Crippen LogP contribution >= 0.6 is 0 Å². The Bertz CT molecular complexity index is 750. The molecular formula is C24H32OSeSi. The van der Waals surface area contributed by atoms with Crippen molar-refractivity contribution in [2.24, 2.45) is 0 Å². The van der Waals surface area contributed by atoms with E-state index in [4.69, 9.17) is 4.43 Å². The molecule has 1 nitrogen and oxygen atoms in total. The van der Waals surface area contributed by atoms with E-state index in [1.54, 1.807) is 0 Å². The molecule has 0 fully saturated rings. The summed E-state index contributed by atoms with van der Waals surface area (Å²) in [6.45, 7) is 14.1. The molecule has 0 bridgehead atoms. The zero-order chi connectivity index (χ0) is 19.9. The van der Waals surface area contributed by atoms with Crippen LogP contribution in [0.1, 0.15) is 52.7 Å². The average molecular weight is 444 g/mol. The van der Waals surface area contributed by atoms with Gasteiger partial charge in [-0.1, -0.05) is 0 Å². The fourth-order valence-electron chi connectivity index (χ4n) is 4.05. The van der Waals surface area contributed by atoms with Gasteiger partial charge < -0.3 is 0 Å². The van der Waals surface area contributed by atoms with Crippen LogP contribution in [0.25, 0.3) is 0 Å². The first-order valence-electron chi connectivity index (χ1n) is 9.80.